The lowest BCUT2D eigenvalue weighted by atomic mass is 10.1. The van der Waals surface area contributed by atoms with Gasteiger partial charge in [-0.25, -0.2) is 0 Å². The Morgan fingerprint density at radius 3 is 2.41 bits per heavy atom. The van der Waals surface area contributed by atoms with E-state index < -0.39 is 0 Å². The van der Waals surface area contributed by atoms with Crippen LogP contribution in [0.3, 0.4) is 0 Å². The average Bonchev–Trinajstić information content (AvgIpc) is 3.17. The van der Waals surface area contributed by atoms with Crippen molar-refractivity contribution < 1.29 is 4.74 Å². The van der Waals surface area contributed by atoms with E-state index in [0.29, 0.717) is 6.10 Å². The molecule has 0 spiro atoms. The molecule has 2 aliphatic rings. The van der Waals surface area contributed by atoms with E-state index >= 15 is 0 Å². The number of piperidine rings is 1. The first kappa shape index (κ1) is 10.9. The second-order valence-corrected chi connectivity index (χ2v) is 5.12. The summed E-state index contributed by atoms with van der Waals surface area (Å²) in [5, 5.41) is 0. The molecule has 0 aromatic heterocycles. The zero-order valence-electron chi connectivity index (χ0n) is 10.1. The number of nitrogens with zero attached hydrogens (tertiary/aromatic N) is 1. The number of likely N-dealkylation sites (tertiary alicyclic amines) is 1. The maximum absolute atomic E-state index is 5.98. The van der Waals surface area contributed by atoms with Crippen molar-refractivity contribution in [3.63, 3.8) is 0 Å². The molecule has 0 bridgehead atoms. The Hall–Kier alpha value is -1.22. The summed E-state index contributed by atoms with van der Waals surface area (Å²) in [6.45, 7) is 2.37. The van der Waals surface area contributed by atoms with E-state index in [9.17, 15) is 0 Å². The van der Waals surface area contributed by atoms with Gasteiger partial charge in [-0.15, -0.1) is 0 Å². The molecule has 0 unspecified atom stereocenters. The highest BCUT2D eigenvalue weighted by Crippen LogP contribution is 2.31. The number of nitrogens with two attached hydrogens (primary N) is 1. The second-order valence-electron chi connectivity index (χ2n) is 5.12. The zero-order valence-corrected chi connectivity index (χ0v) is 10.1. The van der Waals surface area contributed by atoms with Crippen LogP contribution in [0.5, 0.6) is 5.75 Å². The summed E-state index contributed by atoms with van der Waals surface area (Å²) in [5.41, 5.74) is 6.64. The smallest absolute Gasteiger partial charge is 0.142 e. The third kappa shape index (κ3) is 2.55. The molecule has 0 atom stereocenters. The van der Waals surface area contributed by atoms with Gasteiger partial charge < -0.3 is 15.4 Å². The molecular weight excluding hydrogens is 212 g/mol. The summed E-state index contributed by atoms with van der Waals surface area (Å²) < 4.78 is 5.98. The first-order valence-electron chi connectivity index (χ1n) is 6.58. The Labute approximate surface area is 103 Å². The fourth-order valence-electron chi connectivity index (χ4n) is 2.57. The first-order chi connectivity index (χ1) is 8.33. The van der Waals surface area contributed by atoms with Gasteiger partial charge in [-0.3, -0.25) is 0 Å². The van der Waals surface area contributed by atoms with Crippen LogP contribution in [-0.4, -0.2) is 30.1 Å². The monoisotopic (exact) mass is 232 g/mol. The van der Waals surface area contributed by atoms with Crippen molar-refractivity contribution in [1.82, 2.24) is 4.90 Å². The normalized spacial score (nSPS) is 22.6. The molecule has 1 aliphatic heterocycles. The van der Waals surface area contributed by atoms with Crippen molar-refractivity contribution in [1.29, 1.82) is 0 Å². The van der Waals surface area contributed by atoms with Crippen molar-refractivity contribution in [2.24, 2.45) is 0 Å². The molecule has 3 rings (SSSR count). The molecule has 1 saturated heterocycles. The van der Waals surface area contributed by atoms with Crippen LogP contribution in [0, 0.1) is 0 Å². The van der Waals surface area contributed by atoms with Gasteiger partial charge in [0.2, 0.25) is 0 Å². The van der Waals surface area contributed by atoms with Crippen LogP contribution >= 0.6 is 0 Å². The van der Waals surface area contributed by atoms with Gasteiger partial charge in [0.15, 0.2) is 0 Å². The van der Waals surface area contributed by atoms with Gasteiger partial charge in [0.25, 0.3) is 0 Å². The molecule has 1 saturated carbocycles. The number of hydrogen-bond acceptors (Lipinski definition) is 3. The Morgan fingerprint density at radius 1 is 1.06 bits per heavy atom. The van der Waals surface area contributed by atoms with Crippen LogP contribution in [-0.2, 0) is 0 Å². The first-order valence-corrected chi connectivity index (χ1v) is 6.58. The summed E-state index contributed by atoms with van der Waals surface area (Å²) in [5.74, 6) is 0.845. The molecule has 3 heteroatoms. The number of ether oxygens (including phenoxy) is 1. The summed E-state index contributed by atoms with van der Waals surface area (Å²) in [7, 11) is 0. The van der Waals surface area contributed by atoms with E-state index in [1.54, 1.807) is 0 Å². The standard InChI is InChI=1S/C14H20N2O/c15-13-3-1-2-4-14(13)17-12-7-9-16(10-8-12)11-5-6-11/h1-4,11-12H,5-10,15H2. The van der Waals surface area contributed by atoms with Crippen molar-refractivity contribution >= 4 is 5.69 Å². The van der Waals surface area contributed by atoms with Crippen LogP contribution in [0.2, 0.25) is 0 Å². The van der Waals surface area contributed by atoms with Gasteiger partial charge in [-0.1, -0.05) is 12.1 Å². The number of hydrogen-bond donors (Lipinski definition) is 1. The summed E-state index contributed by atoms with van der Waals surface area (Å²) in [6, 6.07) is 8.66. The predicted octanol–water partition coefficient (Wildman–Crippen LogP) is 2.27. The summed E-state index contributed by atoms with van der Waals surface area (Å²) in [4.78, 5) is 2.61. The lowest BCUT2D eigenvalue weighted by Gasteiger charge is -2.32. The molecular formula is C14H20N2O. The maximum atomic E-state index is 5.98. The van der Waals surface area contributed by atoms with Crippen LogP contribution in [0.1, 0.15) is 25.7 Å². The average molecular weight is 232 g/mol. The highest BCUT2D eigenvalue weighted by atomic mass is 16.5. The largest absolute Gasteiger partial charge is 0.488 e. The third-order valence-electron chi connectivity index (χ3n) is 3.75. The molecule has 1 heterocycles. The van der Waals surface area contributed by atoms with Gasteiger partial charge in [0.05, 0.1) is 5.69 Å². The quantitative estimate of drug-likeness (QED) is 0.812. The minimum Gasteiger partial charge on any atom is -0.488 e. The molecule has 1 aliphatic carbocycles. The molecule has 2 N–H and O–H groups in total. The zero-order chi connectivity index (χ0) is 11.7. The van der Waals surface area contributed by atoms with Gasteiger partial charge >= 0.3 is 0 Å². The van der Waals surface area contributed by atoms with Crippen LogP contribution in [0.4, 0.5) is 5.69 Å². The third-order valence-corrected chi connectivity index (χ3v) is 3.75. The van der Waals surface area contributed by atoms with E-state index in [-0.39, 0.29) is 0 Å². The van der Waals surface area contributed by atoms with E-state index in [2.05, 4.69) is 4.90 Å². The molecule has 1 aromatic carbocycles. The fourth-order valence-corrected chi connectivity index (χ4v) is 2.57. The highest BCUT2D eigenvalue weighted by Gasteiger charge is 2.32. The molecule has 1 aromatic rings. The van der Waals surface area contributed by atoms with Gasteiger partial charge in [-0.05, 0) is 37.8 Å². The number of benzene rings is 1. The van der Waals surface area contributed by atoms with E-state index in [0.717, 1.165) is 30.3 Å². The molecule has 0 radical (unpaired) electrons. The summed E-state index contributed by atoms with van der Waals surface area (Å²) in [6.07, 6.45) is 5.40. The van der Waals surface area contributed by atoms with Crippen molar-refractivity contribution in [2.75, 3.05) is 18.8 Å². The molecule has 92 valence electrons. The van der Waals surface area contributed by atoms with Crippen LogP contribution in [0.15, 0.2) is 24.3 Å². The fraction of sp³-hybridized carbons (Fsp3) is 0.571. The van der Waals surface area contributed by atoms with Crippen molar-refractivity contribution in [2.45, 2.75) is 37.8 Å². The minimum absolute atomic E-state index is 0.342. The Morgan fingerprint density at radius 2 is 1.76 bits per heavy atom. The topological polar surface area (TPSA) is 38.5 Å². The second kappa shape index (κ2) is 4.57. The molecule has 17 heavy (non-hydrogen) atoms. The number of para-hydroxylation sites is 2. The van der Waals surface area contributed by atoms with E-state index in [1.807, 2.05) is 24.3 Å². The SMILES string of the molecule is Nc1ccccc1OC1CCN(C2CC2)CC1. The minimum atomic E-state index is 0.342. The van der Waals surface area contributed by atoms with E-state index in [1.165, 1.54) is 25.9 Å². The lowest BCUT2D eigenvalue weighted by Crippen LogP contribution is -2.39. The Bertz CT molecular complexity index is 382. The Kier molecular flexibility index (Phi) is 2.93. The number of anilines is 1. The van der Waals surface area contributed by atoms with Gasteiger partial charge in [0, 0.05) is 19.1 Å². The molecule has 2 fully saturated rings. The van der Waals surface area contributed by atoms with Crippen molar-refractivity contribution in [3.8, 4) is 5.75 Å². The number of nitrogen functional groups attached to an aromatic ring is 1. The van der Waals surface area contributed by atoms with Gasteiger partial charge in [0.1, 0.15) is 11.9 Å². The maximum Gasteiger partial charge on any atom is 0.142 e. The highest BCUT2D eigenvalue weighted by molar-refractivity contribution is 5.51. The summed E-state index contributed by atoms with van der Waals surface area (Å²) >= 11 is 0. The van der Waals surface area contributed by atoms with E-state index in [4.69, 9.17) is 10.5 Å². The number of rotatable bonds is 3. The van der Waals surface area contributed by atoms with Crippen molar-refractivity contribution in [3.05, 3.63) is 24.3 Å². The Balaban J connectivity index is 1.55. The molecule has 3 nitrogen and oxygen atoms in total. The molecule has 0 amide bonds. The predicted molar refractivity (Wildman–Crippen MR) is 69.1 cm³/mol. The van der Waals surface area contributed by atoms with Crippen LogP contribution < -0.4 is 10.5 Å². The lowest BCUT2D eigenvalue weighted by molar-refractivity contribution is 0.0971. The van der Waals surface area contributed by atoms with Crippen LogP contribution in [0.25, 0.3) is 0 Å². The van der Waals surface area contributed by atoms with Gasteiger partial charge in [-0.2, -0.15) is 0 Å².